The van der Waals surface area contributed by atoms with E-state index in [1.807, 2.05) is 6.07 Å². The van der Waals surface area contributed by atoms with E-state index in [0.29, 0.717) is 12.2 Å². The number of aromatic nitrogens is 4. The lowest BCUT2D eigenvalue weighted by Crippen LogP contribution is -2.10. The van der Waals surface area contributed by atoms with Gasteiger partial charge in [0, 0.05) is 19.5 Å². The lowest BCUT2D eigenvalue weighted by Gasteiger charge is -2.05. The molecule has 7 nitrogen and oxygen atoms in total. The van der Waals surface area contributed by atoms with Crippen molar-refractivity contribution in [3.63, 3.8) is 0 Å². The molecule has 0 saturated heterocycles. The fourth-order valence-electron chi connectivity index (χ4n) is 1.57. The number of carbonyl (C=O) groups is 1. The molecule has 0 spiro atoms. The molecular weight excluding hydrogens is 236 g/mol. The average molecular weight is 248 g/mol. The Morgan fingerprint density at radius 1 is 1.56 bits per heavy atom. The van der Waals surface area contributed by atoms with Gasteiger partial charge in [0.25, 0.3) is 0 Å². The van der Waals surface area contributed by atoms with E-state index in [2.05, 4.69) is 15.3 Å². The normalized spacial score (nSPS) is 10.5. The van der Waals surface area contributed by atoms with Crippen LogP contribution in [0.25, 0.3) is 0 Å². The molecule has 2 heterocycles. The van der Waals surface area contributed by atoms with E-state index in [9.17, 15) is 4.79 Å². The first-order chi connectivity index (χ1) is 8.72. The largest absolute Gasteiger partial charge is 0.476 e. The van der Waals surface area contributed by atoms with Gasteiger partial charge in [0.05, 0.1) is 18.8 Å². The Morgan fingerprint density at radius 3 is 3.00 bits per heavy atom. The summed E-state index contributed by atoms with van der Waals surface area (Å²) in [6.45, 7) is 0.557. The number of aromatic carboxylic acids is 1. The molecule has 1 N–H and O–H groups in total. The summed E-state index contributed by atoms with van der Waals surface area (Å²) >= 11 is 0. The number of carboxylic acid groups (broad SMARTS) is 1. The molecule has 0 aromatic carbocycles. The molecule has 0 aliphatic carbocycles. The Bertz CT molecular complexity index is 538. The van der Waals surface area contributed by atoms with Gasteiger partial charge in [0.15, 0.2) is 5.69 Å². The first-order valence-electron chi connectivity index (χ1n) is 5.26. The quantitative estimate of drug-likeness (QED) is 0.831. The first-order valence-corrected chi connectivity index (χ1v) is 5.26. The highest BCUT2D eigenvalue weighted by atomic mass is 16.5. The number of carboxylic acids is 1. The van der Waals surface area contributed by atoms with E-state index in [4.69, 9.17) is 9.84 Å². The molecule has 0 atom stereocenters. The fourth-order valence-corrected chi connectivity index (χ4v) is 1.57. The molecule has 0 fully saturated rings. The zero-order valence-electron chi connectivity index (χ0n) is 9.78. The van der Waals surface area contributed by atoms with E-state index in [1.54, 1.807) is 18.5 Å². The number of rotatable bonds is 5. The topological polar surface area (TPSA) is 90.1 Å². The number of methoxy groups -OCH3 is 1. The second-order valence-corrected chi connectivity index (χ2v) is 3.64. The lowest BCUT2D eigenvalue weighted by molar-refractivity contribution is 0.0684. The van der Waals surface area contributed by atoms with Crippen LogP contribution in [0.3, 0.4) is 0 Å². The summed E-state index contributed by atoms with van der Waals surface area (Å²) < 4.78 is 6.48. The molecule has 0 unspecified atom stereocenters. The van der Waals surface area contributed by atoms with E-state index < -0.39 is 5.97 Å². The summed E-state index contributed by atoms with van der Waals surface area (Å²) in [7, 11) is 1.49. The maximum Gasteiger partial charge on any atom is 0.358 e. The van der Waals surface area contributed by atoms with Crippen molar-refractivity contribution in [3.05, 3.63) is 41.5 Å². The number of pyridine rings is 1. The minimum atomic E-state index is -1.11. The van der Waals surface area contributed by atoms with Crippen molar-refractivity contribution in [1.82, 2.24) is 20.0 Å². The zero-order valence-corrected chi connectivity index (χ0v) is 9.78. The molecule has 0 aliphatic rings. The summed E-state index contributed by atoms with van der Waals surface area (Å²) in [5.74, 6) is -1.11. The van der Waals surface area contributed by atoms with Gasteiger partial charge < -0.3 is 9.84 Å². The highest BCUT2D eigenvalue weighted by Gasteiger charge is 2.18. The fraction of sp³-hybridized carbons (Fsp3) is 0.273. The van der Waals surface area contributed by atoms with Crippen LogP contribution in [-0.2, 0) is 17.9 Å². The van der Waals surface area contributed by atoms with Crippen LogP contribution in [0.1, 0.15) is 21.7 Å². The molecule has 94 valence electrons. The van der Waals surface area contributed by atoms with Crippen molar-refractivity contribution in [2.24, 2.45) is 0 Å². The van der Waals surface area contributed by atoms with E-state index >= 15 is 0 Å². The average Bonchev–Trinajstić information content (AvgIpc) is 2.74. The minimum Gasteiger partial charge on any atom is -0.476 e. The lowest BCUT2D eigenvalue weighted by atomic mass is 10.2. The Hall–Kier alpha value is -2.28. The van der Waals surface area contributed by atoms with Crippen molar-refractivity contribution in [2.45, 2.75) is 13.2 Å². The summed E-state index contributed by atoms with van der Waals surface area (Å²) in [5, 5.41) is 16.5. The third-order valence-electron chi connectivity index (χ3n) is 2.38. The van der Waals surface area contributed by atoms with Crippen LogP contribution in [-0.4, -0.2) is 38.2 Å². The van der Waals surface area contributed by atoms with Gasteiger partial charge in [-0.3, -0.25) is 4.98 Å². The Morgan fingerprint density at radius 2 is 2.39 bits per heavy atom. The first kappa shape index (κ1) is 12.2. The Kier molecular flexibility index (Phi) is 3.63. The van der Waals surface area contributed by atoms with Crippen molar-refractivity contribution in [1.29, 1.82) is 0 Å². The predicted octanol–water partition coefficient (Wildman–Crippen LogP) is 0.566. The van der Waals surface area contributed by atoms with Gasteiger partial charge in [-0.1, -0.05) is 11.3 Å². The summed E-state index contributed by atoms with van der Waals surface area (Å²) in [6.07, 6.45) is 3.36. The van der Waals surface area contributed by atoms with E-state index in [1.165, 1.54) is 11.8 Å². The summed E-state index contributed by atoms with van der Waals surface area (Å²) in [5.41, 5.74) is 1.27. The van der Waals surface area contributed by atoms with Crippen LogP contribution in [0.4, 0.5) is 0 Å². The van der Waals surface area contributed by atoms with Crippen LogP contribution in [0.15, 0.2) is 24.5 Å². The molecular formula is C11H12N4O3. The molecule has 0 aliphatic heterocycles. The van der Waals surface area contributed by atoms with Crippen molar-refractivity contribution in [3.8, 4) is 0 Å². The monoisotopic (exact) mass is 248 g/mol. The van der Waals surface area contributed by atoms with Gasteiger partial charge in [-0.05, 0) is 11.6 Å². The van der Waals surface area contributed by atoms with E-state index in [-0.39, 0.29) is 12.3 Å². The van der Waals surface area contributed by atoms with Gasteiger partial charge in [0.1, 0.15) is 0 Å². The van der Waals surface area contributed by atoms with Crippen LogP contribution >= 0.6 is 0 Å². The Labute approximate surface area is 103 Å². The molecule has 2 rings (SSSR count). The van der Waals surface area contributed by atoms with Crippen molar-refractivity contribution >= 4 is 5.97 Å². The van der Waals surface area contributed by atoms with Crippen LogP contribution in [0, 0.1) is 0 Å². The second kappa shape index (κ2) is 5.37. The van der Waals surface area contributed by atoms with E-state index in [0.717, 1.165) is 5.56 Å². The van der Waals surface area contributed by atoms with Crippen LogP contribution < -0.4 is 0 Å². The molecule has 2 aromatic heterocycles. The van der Waals surface area contributed by atoms with Crippen molar-refractivity contribution < 1.29 is 14.6 Å². The van der Waals surface area contributed by atoms with Gasteiger partial charge in [0.2, 0.25) is 0 Å². The molecule has 2 aromatic rings. The highest BCUT2D eigenvalue weighted by Crippen LogP contribution is 2.09. The molecule has 7 heteroatoms. The van der Waals surface area contributed by atoms with Crippen LogP contribution in [0.2, 0.25) is 0 Å². The van der Waals surface area contributed by atoms with Crippen LogP contribution in [0.5, 0.6) is 0 Å². The maximum atomic E-state index is 11.0. The number of nitrogens with zero attached hydrogens (tertiary/aromatic N) is 4. The maximum absolute atomic E-state index is 11.0. The predicted molar refractivity (Wildman–Crippen MR) is 61.0 cm³/mol. The number of hydrogen-bond donors (Lipinski definition) is 1. The molecule has 0 amide bonds. The molecule has 0 saturated carbocycles. The zero-order chi connectivity index (χ0) is 13.0. The summed E-state index contributed by atoms with van der Waals surface area (Å²) in [4.78, 5) is 15.0. The third-order valence-corrected chi connectivity index (χ3v) is 2.38. The second-order valence-electron chi connectivity index (χ2n) is 3.64. The van der Waals surface area contributed by atoms with Gasteiger partial charge in [-0.25, -0.2) is 9.48 Å². The number of hydrogen-bond acceptors (Lipinski definition) is 5. The summed E-state index contributed by atoms with van der Waals surface area (Å²) in [6, 6.07) is 3.69. The Balaban J connectivity index is 2.30. The minimum absolute atomic E-state index is 0.0826. The highest BCUT2D eigenvalue weighted by molar-refractivity contribution is 5.86. The smallest absolute Gasteiger partial charge is 0.358 e. The van der Waals surface area contributed by atoms with Gasteiger partial charge in [-0.15, -0.1) is 5.10 Å². The number of ether oxygens (including phenoxy) is 1. The standard InChI is InChI=1S/C11H12N4O3/c1-18-7-9-10(11(16)17)13-14-15(9)6-8-3-2-4-12-5-8/h2-5H,6-7H2,1H3,(H,16,17). The van der Waals surface area contributed by atoms with Gasteiger partial charge in [-0.2, -0.15) is 0 Å². The van der Waals surface area contributed by atoms with Gasteiger partial charge >= 0.3 is 5.97 Å². The molecule has 0 bridgehead atoms. The third kappa shape index (κ3) is 2.51. The molecule has 18 heavy (non-hydrogen) atoms. The molecule has 0 radical (unpaired) electrons. The van der Waals surface area contributed by atoms with Crippen molar-refractivity contribution in [2.75, 3.05) is 7.11 Å². The SMILES string of the molecule is COCc1c(C(=O)O)nnn1Cc1cccnc1.